The Morgan fingerprint density at radius 1 is 1.36 bits per heavy atom. The molecule has 2 nitrogen and oxygen atoms in total. The maximum atomic E-state index is 10.0. The number of aliphatic hydroxyl groups is 1. The van der Waals surface area contributed by atoms with Crippen LogP contribution in [-0.4, -0.2) is 17.7 Å². The van der Waals surface area contributed by atoms with E-state index in [4.69, 9.17) is 0 Å². The predicted octanol–water partition coefficient (Wildman–Crippen LogP) is 1.78. The van der Waals surface area contributed by atoms with Gasteiger partial charge in [0.1, 0.15) is 0 Å². The molecule has 1 aliphatic heterocycles. The Hall–Kier alpha value is -0.860. The Morgan fingerprint density at radius 2 is 2.07 bits per heavy atom. The average molecular weight is 191 g/mol. The normalized spacial score (nSPS) is 23.7. The summed E-state index contributed by atoms with van der Waals surface area (Å²) in [6, 6.07) is 8.37. The van der Waals surface area contributed by atoms with Crippen LogP contribution in [0.2, 0.25) is 0 Å². The van der Waals surface area contributed by atoms with E-state index in [1.165, 1.54) is 12.0 Å². The van der Waals surface area contributed by atoms with Crippen LogP contribution in [0.5, 0.6) is 0 Å². The van der Waals surface area contributed by atoms with Crippen LogP contribution >= 0.6 is 0 Å². The van der Waals surface area contributed by atoms with Crippen molar-refractivity contribution in [1.82, 2.24) is 5.32 Å². The fourth-order valence-corrected chi connectivity index (χ4v) is 1.98. The maximum Gasteiger partial charge on any atom is 0.0942 e. The first kappa shape index (κ1) is 9.69. The molecule has 0 spiro atoms. The molecule has 76 valence electrons. The molecule has 0 aliphatic carbocycles. The molecule has 1 aliphatic rings. The zero-order valence-electron chi connectivity index (χ0n) is 8.53. The van der Waals surface area contributed by atoms with Gasteiger partial charge in [0.15, 0.2) is 0 Å². The van der Waals surface area contributed by atoms with E-state index in [1.54, 1.807) is 0 Å². The number of benzene rings is 1. The first-order chi connectivity index (χ1) is 6.77. The highest BCUT2D eigenvalue weighted by atomic mass is 16.3. The molecule has 1 saturated heterocycles. The summed E-state index contributed by atoms with van der Waals surface area (Å²) in [6.45, 7) is 3.09. The van der Waals surface area contributed by atoms with Gasteiger partial charge < -0.3 is 10.4 Å². The van der Waals surface area contributed by atoms with Crippen molar-refractivity contribution < 1.29 is 5.11 Å². The van der Waals surface area contributed by atoms with Crippen molar-refractivity contribution >= 4 is 0 Å². The van der Waals surface area contributed by atoms with Crippen molar-refractivity contribution in [1.29, 1.82) is 0 Å². The fraction of sp³-hybridized carbons (Fsp3) is 0.500. The van der Waals surface area contributed by atoms with Crippen LogP contribution in [0.25, 0.3) is 0 Å². The lowest BCUT2D eigenvalue weighted by atomic mass is 10.0. The largest absolute Gasteiger partial charge is 0.387 e. The second kappa shape index (κ2) is 4.11. The first-order valence-electron chi connectivity index (χ1n) is 5.25. The molecular weight excluding hydrogens is 174 g/mol. The number of aliphatic hydroxyl groups excluding tert-OH is 1. The van der Waals surface area contributed by atoms with E-state index in [2.05, 4.69) is 12.2 Å². The minimum Gasteiger partial charge on any atom is -0.387 e. The number of rotatable bonds is 2. The molecule has 1 aromatic carbocycles. The SMILES string of the molecule is Cc1ccc(C(O)C2CCCN2)cc1. The van der Waals surface area contributed by atoms with E-state index < -0.39 is 0 Å². The molecule has 2 atom stereocenters. The summed E-state index contributed by atoms with van der Waals surface area (Å²) in [6.07, 6.45) is 1.90. The molecule has 1 aromatic rings. The van der Waals surface area contributed by atoms with Crippen molar-refractivity contribution in [3.63, 3.8) is 0 Å². The molecule has 2 heteroatoms. The lowest BCUT2D eigenvalue weighted by molar-refractivity contribution is 0.137. The minimum atomic E-state index is -0.349. The van der Waals surface area contributed by atoms with Crippen molar-refractivity contribution in [2.45, 2.75) is 31.9 Å². The third-order valence-electron chi connectivity index (χ3n) is 2.90. The van der Waals surface area contributed by atoms with Crippen molar-refractivity contribution in [2.24, 2.45) is 0 Å². The summed E-state index contributed by atoms with van der Waals surface area (Å²) >= 11 is 0. The fourth-order valence-electron chi connectivity index (χ4n) is 1.98. The maximum absolute atomic E-state index is 10.0. The summed E-state index contributed by atoms with van der Waals surface area (Å²) in [7, 11) is 0. The second-order valence-corrected chi connectivity index (χ2v) is 4.06. The molecular formula is C12H17NO. The Kier molecular flexibility index (Phi) is 2.85. The number of nitrogens with one attached hydrogen (secondary N) is 1. The predicted molar refractivity (Wildman–Crippen MR) is 57.2 cm³/mol. The molecule has 0 radical (unpaired) electrons. The van der Waals surface area contributed by atoms with Crippen molar-refractivity contribution in [3.8, 4) is 0 Å². The van der Waals surface area contributed by atoms with Gasteiger partial charge in [-0.05, 0) is 31.9 Å². The molecule has 1 fully saturated rings. The van der Waals surface area contributed by atoms with Crippen LogP contribution in [0.4, 0.5) is 0 Å². The summed E-state index contributed by atoms with van der Waals surface area (Å²) in [5.74, 6) is 0. The molecule has 2 rings (SSSR count). The van der Waals surface area contributed by atoms with Crippen LogP contribution in [-0.2, 0) is 0 Å². The molecule has 2 unspecified atom stereocenters. The summed E-state index contributed by atoms with van der Waals surface area (Å²) in [5.41, 5.74) is 2.26. The molecule has 0 aromatic heterocycles. The molecule has 0 saturated carbocycles. The van der Waals surface area contributed by atoms with Crippen LogP contribution in [0.3, 0.4) is 0 Å². The van der Waals surface area contributed by atoms with E-state index in [-0.39, 0.29) is 12.1 Å². The minimum absolute atomic E-state index is 0.248. The van der Waals surface area contributed by atoms with Crippen molar-refractivity contribution in [2.75, 3.05) is 6.54 Å². The van der Waals surface area contributed by atoms with Gasteiger partial charge in [0.2, 0.25) is 0 Å². The quantitative estimate of drug-likeness (QED) is 0.747. The van der Waals surface area contributed by atoms with Gasteiger partial charge in [0.25, 0.3) is 0 Å². The smallest absolute Gasteiger partial charge is 0.0942 e. The zero-order chi connectivity index (χ0) is 9.97. The lowest BCUT2D eigenvalue weighted by Crippen LogP contribution is -2.28. The second-order valence-electron chi connectivity index (χ2n) is 4.06. The Balaban J connectivity index is 2.09. The van der Waals surface area contributed by atoms with Gasteiger partial charge in [-0.2, -0.15) is 0 Å². The topological polar surface area (TPSA) is 32.3 Å². The third-order valence-corrected chi connectivity index (χ3v) is 2.90. The molecule has 2 N–H and O–H groups in total. The van der Waals surface area contributed by atoms with E-state index in [1.807, 2.05) is 24.3 Å². The van der Waals surface area contributed by atoms with Crippen molar-refractivity contribution in [3.05, 3.63) is 35.4 Å². The Labute approximate surface area is 85.0 Å². The van der Waals surface area contributed by atoms with Gasteiger partial charge in [-0.15, -0.1) is 0 Å². The molecule has 1 heterocycles. The van der Waals surface area contributed by atoms with Gasteiger partial charge in [-0.1, -0.05) is 29.8 Å². The molecule has 0 amide bonds. The lowest BCUT2D eigenvalue weighted by Gasteiger charge is -2.18. The summed E-state index contributed by atoms with van der Waals surface area (Å²) in [4.78, 5) is 0. The Bertz CT molecular complexity index is 288. The molecule has 14 heavy (non-hydrogen) atoms. The highest BCUT2D eigenvalue weighted by Gasteiger charge is 2.23. The number of aryl methyl sites for hydroxylation is 1. The average Bonchev–Trinajstić information content (AvgIpc) is 2.71. The standard InChI is InChI=1S/C12H17NO/c1-9-4-6-10(7-5-9)12(14)11-3-2-8-13-11/h4-7,11-14H,2-3,8H2,1H3. The molecule has 0 bridgehead atoms. The van der Waals surface area contributed by atoms with Crippen LogP contribution in [0, 0.1) is 6.92 Å². The van der Waals surface area contributed by atoms with Gasteiger partial charge in [0.05, 0.1) is 6.10 Å². The number of hydrogen-bond acceptors (Lipinski definition) is 2. The number of hydrogen-bond donors (Lipinski definition) is 2. The first-order valence-corrected chi connectivity index (χ1v) is 5.25. The van der Waals surface area contributed by atoms with Crippen LogP contribution < -0.4 is 5.32 Å². The third kappa shape index (κ3) is 1.97. The van der Waals surface area contributed by atoms with E-state index in [0.29, 0.717) is 0 Å². The van der Waals surface area contributed by atoms with Gasteiger partial charge in [-0.25, -0.2) is 0 Å². The van der Waals surface area contributed by atoms with E-state index in [0.717, 1.165) is 18.5 Å². The van der Waals surface area contributed by atoms with E-state index >= 15 is 0 Å². The van der Waals surface area contributed by atoms with Gasteiger partial charge in [-0.3, -0.25) is 0 Å². The zero-order valence-corrected chi connectivity index (χ0v) is 8.53. The highest BCUT2D eigenvalue weighted by molar-refractivity contribution is 5.24. The summed E-state index contributed by atoms with van der Waals surface area (Å²) in [5, 5.41) is 13.4. The Morgan fingerprint density at radius 3 is 2.64 bits per heavy atom. The van der Waals surface area contributed by atoms with Gasteiger partial charge in [0, 0.05) is 6.04 Å². The monoisotopic (exact) mass is 191 g/mol. The summed E-state index contributed by atoms with van der Waals surface area (Å²) < 4.78 is 0. The highest BCUT2D eigenvalue weighted by Crippen LogP contribution is 2.22. The van der Waals surface area contributed by atoms with Crippen LogP contribution in [0.15, 0.2) is 24.3 Å². The van der Waals surface area contributed by atoms with Crippen LogP contribution in [0.1, 0.15) is 30.1 Å². The van der Waals surface area contributed by atoms with E-state index in [9.17, 15) is 5.11 Å². The van der Waals surface area contributed by atoms with Gasteiger partial charge >= 0.3 is 0 Å².